The number of rotatable bonds is 8. The molecule has 3 aliphatic rings. The van der Waals surface area contributed by atoms with Crippen LogP contribution in [0.5, 0.6) is 11.5 Å². The van der Waals surface area contributed by atoms with Crippen molar-refractivity contribution in [2.75, 3.05) is 72.7 Å². The monoisotopic (exact) mass is 405 g/mol. The zero-order valence-corrected chi connectivity index (χ0v) is 17.5. The molecule has 3 aliphatic heterocycles. The Morgan fingerprint density at radius 3 is 2.76 bits per heavy atom. The van der Waals surface area contributed by atoms with Gasteiger partial charge in [-0.15, -0.1) is 0 Å². The van der Waals surface area contributed by atoms with Crippen LogP contribution in [0.1, 0.15) is 12.0 Å². The summed E-state index contributed by atoms with van der Waals surface area (Å²) >= 11 is 0. The number of fused-ring (bicyclic) bond motifs is 1. The quantitative estimate of drug-likeness (QED) is 0.663. The summed E-state index contributed by atoms with van der Waals surface area (Å²) < 4.78 is 17.0. The Kier molecular flexibility index (Phi) is 7.26. The van der Waals surface area contributed by atoms with E-state index in [1.54, 1.807) is 7.11 Å². The van der Waals surface area contributed by atoms with Gasteiger partial charge in [-0.2, -0.15) is 0 Å². The minimum atomic E-state index is -0.510. The first-order chi connectivity index (χ1) is 14.2. The molecule has 29 heavy (non-hydrogen) atoms. The Morgan fingerprint density at radius 1 is 1.14 bits per heavy atom. The zero-order valence-electron chi connectivity index (χ0n) is 17.5. The summed E-state index contributed by atoms with van der Waals surface area (Å²) in [5.41, 5.74) is 1.23. The van der Waals surface area contributed by atoms with Crippen LogP contribution in [-0.4, -0.2) is 93.8 Å². The van der Waals surface area contributed by atoms with Crippen LogP contribution in [0, 0.1) is 11.8 Å². The lowest BCUT2D eigenvalue weighted by Crippen LogP contribution is -2.37. The number of methoxy groups -OCH3 is 1. The van der Waals surface area contributed by atoms with Gasteiger partial charge in [-0.05, 0) is 37.2 Å². The number of likely N-dealkylation sites (tertiary alicyclic amines) is 1. The number of hydrogen-bond acceptors (Lipinski definition) is 7. The first-order valence-electron chi connectivity index (χ1n) is 10.9. The Balaban J connectivity index is 1.27. The molecular weight excluding hydrogens is 370 g/mol. The van der Waals surface area contributed by atoms with Crippen LogP contribution in [0.15, 0.2) is 18.2 Å². The SMILES string of the molecule is COc1cc(CN2C[C@H]3COC[C@H]3C2)ccc1OCC(O)CN1CCCNCC1. The fourth-order valence-electron chi connectivity index (χ4n) is 4.72. The molecular formula is C22H35N3O4. The molecule has 3 saturated heterocycles. The number of β-amino-alcohol motifs (C(OH)–C–C–N with tert-alkyl or cyclic N) is 1. The minimum absolute atomic E-state index is 0.273. The molecule has 7 nitrogen and oxygen atoms in total. The van der Waals surface area contributed by atoms with Crippen molar-refractivity contribution in [2.24, 2.45) is 11.8 Å². The van der Waals surface area contributed by atoms with Gasteiger partial charge in [-0.25, -0.2) is 0 Å². The van der Waals surface area contributed by atoms with Crippen LogP contribution in [0.25, 0.3) is 0 Å². The van der Waals surface area contributed by atoms with Crippen molar-refractivity contribution in [2.45, 2.75) is 19.1 Å². The van der Waals surface area contributed by atoms with Crippen LogP contribution in [0.2, 0.25) is 0 Å². The molecule has 0 saturated carbocycles. The fraction of sp³-hybridized carbons (Fsp3) is 0.727. The third-order valence-corrected chi connectivity index (χ3v) is 6.28. The molecule has 1 unspecified atom stereocenters. The number of nitrogens with zero attached hydrogens (tertiary/aromatic N) is 2. The average molecular weight is 406 g/mol. The Hall–Kier alpha value is -1.38. The second kappa shape index (κ2) is 10.1. The average Bonchev–Trinajstić information content (AvgIpc) is 3.21. The van der Waals surface area contributed by atoms with Gasteiger partial charge in [0.15, 0.2) is 11.5 Å². The molecule has 1 aromatic carbocycles. The highest BCUT2D eigenvalue weighted by Crippen LogP contribution is 2.32. The standard InChI is InChI=1S/C22H35N3O4/c1-27-22-9-17(10-25-11-18-14-28-15-19(18)12-25)3-4-21(22)29-16-20(26)13-24-7-2-5-23-6-8-24/h3-4,9,18-20,23,26H,2,5-8,10-16H2,1H3/t18-,19+,20?. The summed E-state index contributed by atoms with van der Waals surface area (Å²) in [4.78, 5) is 4.80. The molecule has 2 N–H and O–H groups in total. The number of aliphatic hydroxyl groups excluding tert-OH is 1. The van der Waals surface area contributed by atoms with E-state index in [-0.39, 0.29) is 6.61 Å². The lowest BCUT2D eigenvalue weighted by atomic mass is 10.0. The molecule has 0 amide bonds. The smallest absolute Gasteiger partial charge is 0.161 e. The number of aliphatic hydroxyl groups is 1. The molecule has 0 bridgehead atoms. The van der Waals surface area contributed by atoms with Crippen LogP contribution >= 0.6 is 0 Å². The van der Waals surface area contributed by atoms with E-state index in [4.69, 9.17) is 14.2 Å². The molecule has 4 rings (SSSR count). The highest BCUT2D eigenvalue weighted by atomic mass is 16.5. The third kappa shape index (κ3) is 5.61. The van der Waals surface area contributed by atoms with Crippen molar-refractivity contribution in [3.63, 3.8) is 0 Å². The molecule has 7 heteroatoms. The van der Waals surface area contributed by atoms with Crippen molar-refractivity contribution >= 4 is 0 Å². The summed E-state index contributed by atoms with van der Waals surface area (Å²) in [6.45, 7) is 9.92. The molecule has 0 aromatic heterocycles. The second-order valence-corrected chi connectivity index (χ2v) is 8.61. The largest absolute Gasteiger partial charge is 0.493 e. The molecule has 0 spiro atoms. The van der Waals surface area contributed by atoms with Crippen molar-refractivity contribution in [1.82, 2.24) is 15.1 Å². The van der Waals surface area contributed by atoms with Crippen LogP contribution < -0.4 is 14.8 Å². The first-order valence-corrected chi connectivity index (χ1v) is 10.9. The first kappa shape index (κ1) is 20.9. The third-order valence-electron chi connectivity index (χ3n) is 6.28. The maximum absolute atomic E-state index is 10.4. The summed E-state index contributed by atoms with van der Waals surface area (Å²) in [5.74, 6) is 2.82. The maximum atomic E-state index is 10.4. The van der Waals surface area contributed by atoms with Crippen molar-refractivity contribution in [3.05, 3.63) is 23.8 Å². The van der Waals surface area contributed by atoms with Crippen LogP contribution in [0.4, 0.5) is 0 Å². The molecule has 1 aromatic rings. The van der Waals surface area contributed by atoms with Gasteiger partial charge in [0.2, 0.25) is 0 Å². The summed E-state index contributed by atoms with van der Waals surface area (Å²) in [6.07, 6.45) is 0.609. The van der Waals surface area contributed by atoms with Gasteiger partial charge >= 0.3 is 0 Å². The number of benzene rings is 1. The summed E-state index contributed by atoms with van der Waals surface area (Å²) in [6, 6.07) is 6.14. The number of ether oxygens (including phenoxy) is 3. The van der Waals surface area contributed by atoms with E-state index in [2.05, 4.69) is 27.2 Å². The second-order valence-electron chi connectivity index (χ2n) is 8.61. The minimum Gasteiger partial charge on any atom is -0.493 e. The van der Waals surface area contributed by atoms with Gasteiger partial charge < -0.3 is 24.6 Å². The van der Waals surface area contributed by atoms with Gasteiger partial charge in [-0.1, -0.05) is 6.07 Å². The lowest BCUT2D eigenvalue weighted by molar-refractivity contribution is 0.0693. The topological polar surface area (TPSA) is 66.4 Å². The van der Waals surface area contributed by atoms with Crippen LogP contribution in [0.3, 0.4) is 0 Å². The van der Waals surface area contributed by atoms with Crippen molar-refractivity contribution < 1.29 is 19.3 Å². The lowest BCUT2D eigenvalue weighted by Gasteiger charge is -2.23. The number of hydrogen-bond donors (Lipinski definition) is 2. The zero-order chi connectivity index (χ0) is 20.1. The highest BCUT2D eigenvalue weighted by molar-refractivity contribution is 5.43. The van der Waals surface area contributed by atoms with E-state index in [9.17, 15) is 5.11 Å². The fourth-order valence-corrected chi connectivity index (χ4v) is 4.72. The highest BCUT2D eigenvalue weighted by Gasteiger charge is 2.36. The summed E-state index contributed by atoms with van der Waals surface area (Å²) in [7, 11) is 1.67. The van der Waals surface area contributed by atoms with Crippen molar-refractivity contribution in [3.8, 4) is 11.5 Å². The maximum Gasteiger partial charge on any atom is 0.161 e. The Labute approximate surface area is 173 Å². The van der Waals surface area contributed by atoms with Gasteiger partial charge in [0.1, 0.15) is 12.7 Å². The van der Waals surface area contributed by atoms with Gasteiger partial charge in [0, 0.05) is 51.1 Å². The van der Waals surface area contributed by atoms with Gasteiger partial charge in [0.05, 0.1) is 20.3 Å². The molecule has 3 fully saturated rings. The Morgan fingerprint density at radius 2 is 1.97 bits per heavy atom. The van der Waals surface area contributed by atoms with Gasteiger partial charge in [0.25, 0.3) is 0 Å². The molecule has 0 aliphatic carbocycles. The predicted molar refractivity (Wildman–Crippen MR) is 111 cm³/mol. The van der Waals surface area contributed by atoms with Gasteiger partial charge in [-0.3, -0.25) is 9.80 Å². The molecule has 162 valence electrons. The van der Waals surface area contributed by atoms with E-state index >= 15 is 0 Å². The van der Waals surface area contributed by atoms with E-state index in [0.29, 0.717) is 24.1 Å². The molecule has 0 radical (unpaired) electrons. The normalized spacial score (nSPS) is 26.8. The van der Waals surface area contributed by atoms with E-state index < -0.39 is 6.10 Å². The summed E-state index contributed by atoms with van der Waals surface area (Å²) in [5, 5.41) is 13.8. The van der Waals surface area contributed by atoms with Crippen molar-refractivity contribution in [1.29, 1.82) is 0 Å². The Bertz CT molecular complexity index is 639. The predicted octanol–water partition coefficient (Wildman–Crippen LogP) is 0.808. The molecule has 3 heterocycles. The van der Waals surface area contributed by atoms with Crippen LogP contribution in [-0.2, 0) is 11.3 Å². The van der Waals surface area contributed by atoms with E-state index in [0.717, 1.165) is 71.2 Å². The molecule has 3 atom stereocenters. The van der Waals surface area contributed by atoms with E-state index in [1.807, 2.05) is 6.07 Å². The number of nitrogens with one attached hydrogen (secondary N) is 1. The van der Waals surface area contributed by atoms with E-state index in [1.165, 1.54) is 5.56 Å².